The van der Waals surface area contributed by atoms with E-state index in [1.165, 1.54) is 4.88 Å². The quantitative estimate of drug-likeness (QED) is 0.342. The predicted octanol–water partition coefficient (Wildman–Crippen LogP) is 2.51. The number of hydrogen-bond acceptors (Lipinski definition) is 6. The summed E-state index contributed by atoms with van der Waals surface area (Å²) in [5.41, 5.74) is 1.05. The number of hydrogen-bond donors (Lipinski definition) is 2. The SMILES string of the molecule is CN=C(NCCOCc1ccccc1OC)NCC(c1cccs1)N1CCOCC1. The molecule has 1 saturated heterocycles. The van der Waals surface area contributed by atoms with Gasteiger partial charge in [-0.2, -0.15) is 0 Å². The first-order valence-corrected chi connectivity index (χ1v) is 11.2. The van der Waals surface area contributed by atoms with E-state index < -0.39 is 0 Å². The maximum atomic E-state index is 5.79. The molecule has 3 rings (SSSR count). The molecule has 0 aliphatic carbocycles. The van der Waals surface area contributed by atoms with Crippen LogP contribution in [0.5, 0.6) is 5.75 Å². The number of benzene rings is 1. The number of thiophene rings is 1. The molecule has 0 saturated carbocycles. The average Bonchev–Trinajstić information content (AvgIpc) is 3.33. The lowest BCUT2D eigenvalue weighted by molar-refractivity contribution is 0.0177. The van der Waals surface area contributed by atoms with Crippen molar-refractivity contribution < 1.29 is 14.2 Å². The second-order valence-corrected chi connectivity index (χ2v) is 7.90. The third-order valence-electron chi connectivity index (χ3n) is 5.03. The molecule has 1 atom stereocenters. The van der Waals surface area contributed by atoms with Crippen LogP contribution >= 0.6 is 11.3 Å². The number of para-hydroxylation sites is 1. The van der Waals surface area contributed by atoms with Crippen LogP contribution in [0.4, 0.5) is 0 Å². The molecule has 1 fully saturated rings. The molecule has 2 aromatic rings. The molecular formula is C22H32N4O3S. The minimum atomic E-state index is 0.314. The number of nitrogens with zero attached hydrogens (tertiary/aromatic N) is 2. The molecule has 1 unspecified atom stereocenters. The van der Waals surface area contributed by atoms with Crippen molar-refractivity contribution in [1.82, 2.24) is 15.5 Å². The van der Waals surface area contributed by atoms with E-state index in [4.69, 9.17) is 14.2 Å². The van der Waals surface area contributed by atoms with Gasteiger partial charge in [0.2, 0.25) is 0 Å². The fraction of sp³-hybridized carbons (Fsp3) is 0.500. The predicted molar refractivity (Wildman–Crippen MR) is 121 cm³/mol. The van der Waals surface area contributed by atoms with Gasteiger partial charge in [-0.1, -0.05) is 24.3 Å². The van der Waals surface area contributed by atoms with Gasteiger partial charge in [0.25, 0.3) is 0 Å². The number of methoxy groups -OCH3 is 1. The molecule has 2 N–H and O–H groups in total. The lowest BCUT2D eigenvalue weighted by Gasteiger charge is -2.34. The first-order chi connectivity index (χ1) is 14.8. The Hall–Kier alpha value is -2.13. The molecule has 7 nitrogen and oxygen atoms in total. The second-order valence-electron chi connectivity index (χ2n) is 6.92. The maximum absolute atomic E-state index is 5.79. The zero-order chi connectivity index (χ0) is 21.0. The number of ether oxygens (including phenoxy) is 3. The standard InChI is InChI=1S/C22H32N4O3S/c1-23-22(24-9-12-29-17-18-6-3-4-7-20(18)27-2)25-16-19(21-8-5-15-30-21)26-10-13-28-14-11-26/h3-8,15,19H,9-14,16-17H2,1-2H3,(H2,23,24,25). The Labute approximate surface area is 183 Å². The molecule has 1 aromatic heterocycles. The van der Waals surface area contributed by atoms with E-state index in [2.05, 4.69) is 38.0 Å². The van der Waals surface area contributed by atoms with Crippen molar-refractivity contribution in [2.45, 2.75) is 12.6 Å². The number of morpholine rings is 1. The van der Waals surface area contributed by atoms with Crippen LogP contribution in [-0.4, -0.2) is 71.0 Å². The summed E-state index contributed by atoms with van der Waals surface area (Å²) in [4.78, 5) is 8.19. The Morgan fingerprint density at radius 2 is 2.03 bits per heavy atom. The Morgan fingerprint density at radius 1 is 1.20 bits per heavy atom. The maximum Gasteiger partial charge on any atom is 0.191 e. The van der Waals surface area contributed by atoms with Gasteiger partial charge in [-0.3, -0.25) is 9.89 Å². The van der Waals surface area contributed by atoms with E-state index >= 15 is 0 Å². The van der Waals surface area contributed by atoms with E-state index in [0.717, 1.165) is 50.1 Å². The molecule has 30 heavy (non-hydrogen) atoms. The van der Waals surface area contributed by atoms with Gasteiger partial charge in [-0.15, -0.1) is 11.3 Å². The van der Waals surface area contributed by atoms with Gasteiger partial charge in [0, 0.05) is 43.7 Å². The summed E-state index contributed by atoms with van der Waals surface area (Å²) in [5, 5.41) is 8.93. The third-order valence-corrected chi connectivity index (χ3v) is 6.01. The van der Waals surface area contributed by atoms with Crippen molar-refractivity contribution >= 4 is 17.3 Å². The summed E-state index contributed by atoms with van der Waals surface area (Å²) in [7, 11) is 3.47. The van der Waals surface area contributed by atoms with Gasteiger partial charge in [-0.05, 0) is 17.5 Å². The highest BCUT2D eigenvalue weighted by Gasteiger charge is 2.23. The largest absolute Gasteiger partial charge is 0.496 e. The molecule has 2 heterocycles. The Morgan fingerprint density at radius 3 is 2.77 bits per heavy atom. The van der Waals surface area contributed by atoms with Crippen molar-refractivity contribution in [2.75, 3.05) is 60.2 Å². The minimum Gasteiger partial charge on any atom is -0.496 e. The van der Waals surface area contributed by atoms with Gasteiger partial charge in [0.15, 0.2) is 5.96 Å². The first kappa shape index (κ1) is 22.6. The normalized spacial score (nSPS) is 16.3. The fourth-order valence-electron chi connectivity index (χ4n) is 3.44. The van der Waals surface area contributed by atoms with E-state index in [1.54, 1.807) is 25.5 Å². The molecule has 0 spiro atoms. The molecule has 0 bridgehead atoms. The average molecular weight is 433 g/mol. The highest BCUT2D eigenvalue weighted by atomic mass is 32.1. The summed E-state index contributed by atoms with van der Waals surface area (Å²) in [6.45, 7) is 6.06. The number of rotatable bonds is 10. The van der Waals surface area contributed by atoms with Crippen molar-refractivity contribution in [3.05, 3.63) is 52.2 Å². The van der Waals surface area contributed by atoms with E-state index in [1.807, 2.05) is 24.3 Å². The number of aliphatic imine (C=N–C) groups is 1. The summed E-state index contributed by atoms with van der Waals surface area (Å²) >= 11 is 1.80. The smallest absolute Gasteiger partial charge is 0.191 e. The third kappa shape index (κ3) is 6.70. The van der Waals surface area contributed by atoms with Gasteiger partial charge in [-0.25, -0.2) is 0 Å². The van der Waals surface area contributed by atoms with Crippen LogP contribution in [0.3, 0.4) is 0 Å². The number of guanidine groups is 1. The Kier molecular flexibility index (Phi) is 9.43. The van der Waals surface area contributed by atoms with Crippen LogP contribution in [0.2, 0.25) is 0 Å². The second kappa shape index (κ2) is 12.5. The summed E-state index contributed by atoms with van der Waals surface area (Å²) in [6, 6.07) is 12.5. The van der Waals surface area contributed by atoms with Crippen LogP contribution in [-0.2, 0) is 16.1 Å². The van der Waals surface area contributed by atoms with Crippen molar-refractivity contribution in [1.29, 1.82) is 0 Å². The molecule has 0 radical (unpaired) electrons. The van der Waals surface area contributed by atoms with E-state index in [9.17, 15) is 0 Å². The van der Waals surface area contributed by atoms with Gasteiger partial charge in [0.05, 0.1) is 39.6 Å². The van der Waals surface area contributed by atoms with Crippen LogP contribution < -0.4 is 15.4 Å². The zero-order valence-corrected chi connectivity index (χ0v) is 18.6. The van der Waals surface area contributed by atoms with Gasteiger partial charge < -0.3 is 24.8 Å². The lowest BCUT2D eigenvalue weighted by Crippen LogP contribution is -2.46. The Balaban J connectivity index is 1.42. The molecule has 1 aliphatic heterocycles. The van der Waals surface area contributed by atoms with Crippen LogP contribution in [0, 0.1) is 0 Å². The summed E-state index contributed by atoms with van der Waals surface area (Å²) in [5.74, 6) is 1.64. The van der Waals surface area contributed by atoms with Crippen LogP contribution in [0.25, 0.3) is 0 Å². The fourth-order valence-corrected chi connectivity index (χ4v) is 4.30. The first-order valence-electron chi connectivity index (χ1n) is 10.3. The zero-order valence-electron chi connectivity index (χ0n) is 17.8. The molecule has 0 amide bonds. The van der Waals surface area contributed by atoms with E-state index in [0.29, 0.717) is 25.8 Å². The monoisotopic (exact) mass is 432 g/mol. The topological polar surface area (TPSA) is 67.4 Å². The number of nitrogens with one attached hydrogen (secondary N) is 2. The van der Waals surface area contributed by atoms with Crippen molar-refractivity contribution in [3.63, 3.8) is 0 Å². The molecule has 8 heteroatoms. The molecule has 164 valence electrons. The van der Waals surface area contributed by atoms with Gasteiger partial charge >= 0.3 is 0 Å². The van der Waals surface area contributed by atoms with Crippen molar-refractivity contribution in [2.24, 2.45) is 4.99 Å². The summed E-state index contributed by atoms with van der Waals surface area (Å²) in [6.07, 6.45) is 0. The highest BCUT2D eigenvalue weighted by Crippen LogP contribution is 2.25. The lowest BCUT2D eigenvalue weighted by atomic mass is 10.2. The van der Waals surface area contributed by atoms with Crippen molar-refractivity contribution in [3.8, 4) is 5.75 Å². The Bertz CT molecular complexity index is 764. The highest BCUT2D eigenvalue weighted by molar-refractivity contribution is 7.10. The van der Waals surface area contributed by atoms with Crippen LogP contribution in [0.1, 0.15) is 16.5 Å². The molecule has 1 aromatic carbocycles. The molecule has 1 aliphatic rings. The van der Waals surface area contributed by atoms with Gasteiger partial charge in [0.1, 0.15) is 5.75 Å². The van der Waals surface area contributed by atoms with E-state index in [-0.39, 0.29) is 0 Å². The minimum absolute atomic E-state index is 0.314. The van der Waals surface area contributed by atoms with Crippen LogP contribution in [0.15, 0.2) is 46.8 Å². The molecular weight excluding hydrogens is 400 g/mol. The summed E-state index contributed by atoms with van der Waals surface area (Å²) < 4.78 is 16.7.